The van der Waals surface area contributed by atoms with Gasteiger partial charge in [0.15, 0.2) is 0 Å². The summed E-state index contributed by atoms with van der Waals surface area (Å²) in [6, 6.07) is 18.6. The van der Waals surface area contributed by atoms with Gasteiger partial charge in [-0.3, -0.25) is 5.01 Å². The molecule has 3 rings (SSSR count). The molecule has 1 aliphatic heterocycles. The first kappa shape index (κ1) is 13.7. The largest absolute Gasteiger partial charge is 0.496 e. The summed E-state index contributed by atoms with van der Waals surface area (Å²) < 4.78 is 5.46. The van der Waals surface area contributed by atoms with Crippen LogP contribution in [0, 0.1) is 5.92 Å². The molecule has 0 saturated carbocycles. The highest BCUT2D eigenvalue weighted by atomic mass is 16.5. The monoisotopic (exact) mass is 280 g/mol. The summed E-state index contributed by atoms with van der Waals surface area (Å²) in [7, 11) is 1.71. The summed E-state index contributed by atoms with van der Waals surface area (Å²) in [5.41, 5.74) is 3.50. The van der Waals surface area contributed by atoms with Crippen LogP contribution in [0.15, 0.2) is 59.7 Å². The van der Waals surface area contributed by atoms with Crippen molar-refractivity contribution in [1.29, 1.82) is 0 Å². The van der Waals surface area contributed by atoms with Crippen molar-refractivity contribution in [2.75, 3.05) is 13.7 Å². The Kier molecular flexibility index (Phi) is 3.91. The third-order valence-electron chi connectivity index (χ3n) is 3.79. The van der Waals surface area contributed by atoms with E-state index in [2.05, 4.69) is 42.3 Å². The summed E-state index contributed by atoms with van der Waals surface area (Å²) in [5, 5.41) is 6.95. The maximum atomic E-state index is 5.46. The van der Waals surface area contributed by atoms with Gasteiger partial charge in [-0.1, -0.05) is 49.4 Å². The van der Waals surface area contributed by atoms with Gasteiger partial charge in [-0.15, -0.1) is 0 Å². The van der Waals surface area contributed by atoms with Gasteiger partial charge < -0.3 is 4.74 Å². The normalized spacial score (nSPS) is 17.7. The van der Waals surface area contributed by atoms with E-state index in [9.17, 15) is 0 Å². The number of nitrogens with zero attached hydrogens (tertiary/aromatic N) is 2. The fraction of sp³-hybridized carbons (Fsp3) is 0.278. The fourth-order valence-electron chi connectivity index (χ4n) is 2.76. The molecule has 0 N–H and O–H groups in total. The molecule has 0 amide bonds. The quantitative estimate of drug-likeness (QED) is 0.855. The molecule has 108 valence electrons. The molecule has 3 nitrogen and oxygen atoms in total. The van der Waals surface area contributed by atoms with Gasteiger partial charge in [0.05, 0.1) is 19.4 Å². The Bertz CT molecular complexity index is 637. The maximum Gasteiger partial charge on any atom is 0.127 e. The van der Waals surface area contributed by atoms with Gasteiger partial charge in [0.1, 0.15) is 5.75 Å². The molecule has 21 heavy (non-hydrogen) atoms. The first-order chi connectivity index (χ1) is 10.3. The predicted octanol–water partition coefficient (Wildman–Crippen LogP) is 3.55. The lowest BCUT2D eigenvalue weighted by atomic mass is 9.98. The van der Waals surface area contributed by atoms with E-state index in [0.29, 0.717) is 5.92 Å². The van der Waals surface area contributed by atoms with Crippen LogP contribution in [0.1, 0.15) is 18.1 Å². The topological polar surface area (TPSA) is 24.8 Å². The third-order valence-corrected chi connectivity index (χ3v) is 3.79. The zero-order valence-corrected chi connectivity index (χ0v) is 12.5. The van der Waals surface area contributed by atoms with Gasteiger partial charge in [0.25, 0.3) is 0 Å². The second kappa shape index (κ2) is 6.00. The summed E-state index contributed by atoms with van der Waals surface area (Å²) in [6.45, 7) is 4.02. The number of hydrogen-bond donors (Lipinski definition) is 0. The molecule has 1 aliphatic rings. The van der Waals surface area contributed by atoms with Crippen molar-refractivity contribution in [3.05, 3.63) is 65.7 Å². The van der Waals surface area contributed by atoms with Crippen molar-refractivity contribution in [3.8, 4) is 5.75 Å². The molecular weight excluding hydrogens is 260 g/mol. The van der Waals surface area contributed by atoms with Crippen LogP contribution in [0.2, 0.25) is 0 Å². The Morgan fingerprint density at radius 2 is 1.81 bits per heavy atom. The van der Waals surface area contributed by atoms with Crippen LogP contribution in [0.4, 0.5) is 0 Å². The van der Waals surface area contributed by atoms with Crippen molar-refractivity contribution in [2.24, 2.45) is 11.0 Å². The number of rotatable bonds is 4. The Balaban J connectivity index is 1.84. The van der Waals surface area contributed by atoms with E-state index in [1.54, 1.807) is 7.11 Å². The molecule has 0 bridgehead atoms. The lowest BCUT2D eigenvalue weighted by Crippen LogP contribution is -2.17. The minimum absolute atomic E-state index is 0.407. The van der Waals surface area contributed by atoms with E-state index in [4.69, 9.17) is 9.84 Å². The highest BCUT2D eigenvalue weighted by Gasteiger charge is 2.25. The SMILES string of the molecule is COc1ccccc1C1=NN(Cc2ccccc2)CC1C. The van der Waals surface area contributed by atoms with Crippen LogP contribution in [0.5, 0.6) is 5.75 Å². The average Bonchev–Trinajstić information content (AvgIpc) is 2.88. The maximum absolute atomic E-state index is 5.46. The molecule has 0 fully saturated rings. The summed E-state index contributed by atoms with van der Waals surface area (Å²) >= 11 is 0. The van der Waals surface area contributed by atoms with E-state index in [0.717, 1.165) is 30.1 Å². The summed E-state index contributed by atoms with van der Waals surface area (Å²) in [4.78, 5) is 0. The van der Waals surface area contributed by atoms with Crippen molar-refractivity contribution >= 4 is 5.71 Å². The van der Waals surface area contributed by atoms with E-state index in [1.807, 2.05) is 24.3 Å². The highest BCUT2D eigenvalue weighted by Crippen LogP contribution is 2.26. The van der Waals surface area contributed by atoms with Gasteiger partial charge in [-0.2, -0.15) is 5.10 Å². The molecule has 1 atom stereocenters. The first-order valence-corrected chi connectivity index (χ1v) is 7.28. The fourth-order valence-corrected chi connectivity index (χ4v) is 2.76. The van der Waals surface area contributed by atoms with E-state index >= 15 is 0 Å². The minimum Gasteiger partial charge on any atom is -0.496 e. The molecule has 2 aromatic rings. The second-order valence-corrected chi connectivity index (χ2v) is 5.42. The van der Waals surface area contributed by atoms with E-state index < -0.39 is 0 Å². The third kappa shape index (κ3) is 2.92. The molecule has 0 spiro atoms. The Morgan fingerprint density at radius 3 is 2.57 bits per heavy atom. The van der Waals surface area contributed by atoms with Crippen LogP contribution >= 0.6 is 0 Å². The smallest absolute Gasteiger partial charge is 0.127 e. The molecule has 1 heterocycles. The van der Waals surface area contributed by atoms with Gasteiger partial charge in [0.2, 0.25) is 0 Å². The number of methoxy groups -OCH3 is 1. The van der Waals surface area contributed by atoms with Gasteiger partial charge in [-0.05, 0) is 17.7 Å². The molecule has 2 aromatic carbocycles. The Labute approximate surface area is 125 Å². The van der Waals surface area contributed by atoms with Gasteiger partial charge >= 0.3 is 0 Å². The van der Waals surface area contributed by atoms with Crippen LogP contribution in [0.3, 0.4) is 0 Å². The van der Waals surface area contributed by atoms with Crippen molar-refractivity contribution in [2.45, 2.75) is 13.5 Å². The van der Waals surface area contributed by atoms with Crippen LogP contribution in [-0.2, 0) is 6.54 Å². The molecule has 0 saturated heterocycles. The number of para-hydroxylation sites is 1. The number of ether oxygens (including phenoxy) is 1. The lowest BCUT2D eigenvalue weighted by Gasteiger charge is -2.14. The Morgan fingerprint density at radius 1 is 1.10 bits per heavy atom. The van der Waals surface area contributed by atoms with Gasteiger partial charge in [-0.25, -0.2) is 0 Å². The van der Waals surface area contributed by atoms with E-state index in [-0.39, 0.29) is 0 Å². The predicted molar refractivity (Wildman–Crippen MR) is 85.5 cm³/mol. The van der Waals surface area contributed by atoms with Crippen molar-refractivity contribution in [3.63, 3.8) is 0 Å². The number of hydrogen-bond acceptors (Lipinski definition) is 3. The number of hydrazone groups is 1. The van der Waals surface area contributed by atoms with E-state index in [1.165, 1.54) is 5.56 Å². The van der Waals surface area contributed by atoms with Crippen molar-refractivity contribution in [1.82, 2.24) is 5.01 Å². The van der Waals surface area contributed by atoms with Crippen LogP contribution < -0.4 is 4.74 Å². The first-order valence-electron chi connectivity index (χ1n) is 7.28. The summed E-state index contributed by atoms with van der Waals surface area (Å²) in [6.07, 6.45) is 0. The number of benzene rings is 2. The molecule has 0 aliphatic carbocycles. The molecular formula is C18H20N2O. The highest BCUT2D eigenvalue weighted by molar-refractivity contribution is 6.05. The average molecular weight is 280 g/mol. The summed E-state index contributed by atoms with van der Waals surface area (Å²) in [5.74, 6) is 1.30. The second-order valence-electron chi connectivity index (χ2n) is 5.42. The Hall–Kier alpha value is -2.29. The lowest BCUT2D eigenvalue weighted by molar-refractivity contribution is 0.292. The molecule has 0 aromatic heterocycles. The van der Waals surface area contributed by atoms with Gasteiger partial charge in [0, 0.05) is 18.0 Å². The standard InChI is InChI=1S/C18H20N2O/c1-14-12-20(13-15-8-4-3-5-9-15)19-18(14)16-10-6-7-11-17(16)21-2/h3-11,14H,12-13H2,1-2H3. The molecule has 3 heteroatoms. The molecule has 0 radical (unpaired) electrons. The zero-order chi connectivity index (χ0) is 14.7. The zero-order valence-electron chi connectivity index (χ0n) is 12.5. The minimum atomic E-state index is 0.407. The van der Waals surface area contributed by atoms with Crippen LogP contribution in [-0.4, -0.2) is 24.4 Å². The molecule has 1 unspecified atom stereocenters. The van der Waals surface area contributed by atoms with Crippen LogP contribution in [0.25, 0.3) is 0 Å². The van der Waals surface area contributed by atoms with Crippen molar-refractivity contribution < 1.29 is 4.74 Å².